The number of amides is 1. The molecule has 1 aromatic heterocycles. The van der Waals surface area contributed by atoms with Crippen molar-refractivity contribution in [2.24, 2.45) is 0 Å². The van der Waals surface area contributed by atoms with E-state index in [9.17, 15) is 9.18 Å². The van der Waals surface area contributed by atoms with Crippen LogP contribution in [0.5, 0.6) is 0 Å². The minimum Gasteiger partial charge on any atom is -0.395 e. The Bertz CT molecular complexity index is 611. The molecule has 0 aliphatic heterocycles. The lowest BCUT2D eigenvalue weighted by molar-refractivity contribution is 0.102. The van der Waals surface area contributed by atoms with Crippen LogP contribution in [0.3, 0.4) is 0 Å². The van der Waals surface area contributed by atoms with E-state index in [0.29, 0.717) is 20.6 Å². The first-order valence-electron chi connectivity index (χ1n) is 5.06. The second kappa shape index (κ2) is 4.92. The van der Waals surface area contributed by atoms with Crippen molar-refractivity contribution < 1.29 is 9.18 Å². The van der Waals surface area contributed by atoms with Gasteiger partial charge in [-0.1, -0.05) is 0 Å². The number of aromatic amines is 1. The molecule has 18 heavy (non-hydrogen) atoms. The van der Waals surface area contributed by atoms with Gasteiger partial charge in [-0.25, -0.2) is 4.39 Å². The molecule has 2 aromatic rings. The fraction of sp³-hybridized carbons (Fsp3) is 0.0909. The third-order valence-electron chi connectivity index (χ3n) is 2.39. The number of halogens is 2. The number of nitrogen functional groups attached to an aromatic ring is 1. The molecule has 1 amide bonds. The average molecular weight is 360 g/mol. The summed E-state index contributed by atoms with van der Waals surface area (Å²) < 4.78 is 13.5. The number of hydrogen-bond acceptors (Lipinski definition) is 3. The van der Waals surface area contributed by atoms with Crippen molar-refractivity contribution in [2.75, 3.05) is 11.1 Å². The van der Waals surface area contributed by atoms with Crippen LogP contribution in [0.2, 0.25) is 0 Å². The lowest BCUT2D eigenvalue weighted by atomic mass is 10.2. The number of nitrogens with one attached hydrogen (secondary N) is 2. The van der Waals surface area contributed by atoms with E-state index in [4.69, 9.17) is 5.73 Å². The molecule has 0 radical (unpaired) electrons. The third-order valence-corrected chi connectivity index (χ3v) is 3.28. The SMILES string of the molecule is Cc1[nH]nc(C(=O)Nc2ccc(F)cc2I)c1N. The number of H-pyrrole nitrogens is 1. The van der Waals surface area contributed by atoms with Crippen molar-refractivity contribution >= 4 is 39.9 Å². The number of anilines is 2. The van der Waals surface area contributed by atoms with Crippen LogP contribution in [0.25, 0.3) is 0 Å². The van der Waals surface area contributed by atoms with Gasteiger partial charge in [0, 0.05) is 3.57 Å². The van der Waals surface area contributed by atoms with E-state index in [1.807, 2.05) is 22.6 Å². The quantitative estimate of drug-likeness (QED) is 0.719. The van der Waals surface area contributed by atoms with Gasteiger partial charge < -0.3 is 11.1 Å². The number of carbonyl (C=O) groups is 1. The number of aromatic nitrogens is 2. The Hall–Kier alpha value is -1.64. The first-order chi connectivity index (χ1) is 8.49. The van der Waals surface area contributed by atoms with Gasteiger partial charge in [0.15, 0.2) is 5.69 Å². The van der Waals surface area contributed by atoms with Gasteiger partial charge in [0.1, 0.15) is 5.82 Å². The summed E-state index contributed by atoms with van der Waals surface area (Å²) in [5, 5.41) is 9.08. The molecule has 0 saturated carbocycles. The van der Waals surface area contributed by atoms with Crippen LogP contribution in [0.1, 0.15) is 16.2 Å². The summed E-state index contributed by atoms with van der Waals surface area (Å²) in [6, 6.07) is 4.09. The average Bonchev–Trinajstić information content (AvgIpc) is 2.64. The Morgan fingerprint density at radius 2 is 2.28 bits per heavy atom. The summed E-state index contributed by atoms with van der Waals surface area (Å²) in [6.45, 7) is 1.72. The Kier molecular flexibility index (Phi) is 3.50. The molecular weight excluding hydrogens is 350 g/mol. The van der Waals surface area contributed by atoms with Crippen molar-refractivity contribution in [3.05, 3.63) is 39.0 Å². The van der Waals surface area contributed by atoms with Crippen LogP contribution in [-0.4, -0.2) is 16.1 Å². The predicted octanol–water partition coefficient (Wildman–Crippen LogP) is 2.30. The fourth-order valence-electron chi connectivity index (χ4n) is 1.38. The van der Waals surface area contributed by atoms with Crippen LogP contribution in [0, 0.1) is 16.3 Å². The van der Waals surface area contributed by atoms with Crippen LogP contribution < -0.4 is 11.1 Å². The van der Waals surface area contributed by atoms with E-state index in [1.165, 1.54) is 18.2 Å². The largest absolute Gasteiger partial charge is 0.395 e. The molecule has 0 aliphatic carbocycles. The molecule has 2 rings (SSSR count). The Morgan fingerprint density at radius 1 is 1.56 bits per heavy atom. The standard InChI is InChI=1S/C11H10FIN4O/c1-5-9(14)10(17-16-5)11(18)15-8-3-2-6(12)4-7(8)13/h2-4H,14H2,1H3,(H,15,18)(H,16,17). The van der Waals surface area contributed by atoms with Crippen LogP contribution in [-0.2, 0) is 0 Å². The summed E-state index contributed by atoms with van der Waals surface area (Å²) in [4.78, 5) is 11.9. The van der Waals surface area contributed by atoms with Gasteiger partial charge in [-0.2, -0.15) is 5.10 Å². The number of hydrogen-bond donors (Lipinski definition) is 3. The Morgan fingerprint density at radius 3 is 2.83 bits per heavy atom. The number of carbonyl (C=O) groups excluding carboxylic acids is 1. The second-order valence-corrected chi connectivity index (χ2v) is 4.85. The van der Waals surface area contributed by atoms with Gasteiger partial charge in [0.05, 0.1) is 17.1 Å². The second-order valence-electron chi connectivity index (χ2n) is 3.69. The maximum atomic E-state index is 12.9. The van der Waals surface area contributed by atoms with Gasteiger partial charge in [0.2, 0.25) is 0 Å². The van der Waals surface area contributed by atoms with E-state index in [-0.39, 0.29) is 11.5 Å². The molecule has 0 bridgehead atoms. The molecule has 5 nitrogen and oxygen atoms in total. The van der Waals surface area contributed by atoms with E-state index < -0.39 is 5.91 Å². The summed E-state index contributed by atoms with van der Waals surface area (Å²) in [7, 11) is 0. The fourth-order valence-corrected chi connectivity index (χ4v) is 2.00. The van der Waals surface area contributed by atoms with Gasteiger partial charge in [-0.3, -0.25) is 9.89 Å². The molecule has 4 N–H and O–H groups in total. The van der Waals surface area contributed by atoms with Crippen LogP contribution >= 0.6 is 22.6 Å². The van der Waals surface area contributed by atoms with Crippen molar-refractivity contribution in [3.8, 4) is 0 Å². The number of nitrogens with two attached hydrogens (primary N) is 1. The summed E-state index contributed by atoms with van der Waals surface area (Å²) in [6.07, 6.45) is 0. The smallest absolute Gasteiger partial charge is 0.278 e. The highest BCUT2D eigenvalue weighted by Gasteiger charge is 2.16. The maximum absolute atomic E-state index is 12.9. The highest BCUT2D eigenvalue weighted by molar-refractivity contribution is 14.1. The topological polar surface area (TPSA) is 83.8 Å². The highest BCUT2D eigenvalue weighted by Crippen LogP contribution is 2.21. The van der Waals surface area contributed by atoms with Crippen LogP contribution in [0.4, 0.5) is 15.8 Å². The number of rotatable bonds is 2. The molecule has 0 saturated heterocycles. The van der Waals surface area contributed by atoms with Crippen molar-refractivity contribution in [1.82, 2.24) is 10.2 Å². The van der Waals surface area contributed by atoms with Crippen molar-refractivity contribution in [1.29, 1.82) is 0 Å². The van der Waals surface area contributed by atoms with E-state index in [0.717, 1.165) is 0 Å². The summed E-state index contributed by atoms with van der Waals surface area (Å²) in [5.41, 5.74) is 7.29. The molecule has 0 spiro atoms. The minimum absolute atomic E-state index is 0.132. The lowest BCUT2D eigenvalue weighted by Gasteiger charge is -2.06. The zero-order valence-corrected chi connectivity index (χ0v) is 11.6. The maximum Gasteiger partial charge on any atom is 0.278 e. The van der Waals surface area contributed by atoms with Gasteiger partial charge >= 0.3 is 0 Å². The first-order valence-corrected chi connectivity index (χ1v) is 6.13. The molecule has 1 heterocycles. The monoisotopic (exact) mass is 360 g/mol. The zero-order valence-electron chi connectivity index (χ0n) is 9.42. The normalized spacial score (nSPS) is 10.4. The third kappa shape index (κ3) is 2.45. The minimum atomic E-state index is -0.429. The van der Waals surface area contributed by atoms with Crippen molar-refractivity contribution in [3.63, 3.8) is 0 Å². The molecule has 0 atom stereocenters. The molecule has 1 aromatic carbocycles. The number of aryl methyl sites for hydroxylation is 1. The van der Waals surface area contributed by atoms with Crippen molar-refractivity contribution in [2.45, 2.75) is 6.92 Å². The van der Waals surface area contributed by atoms with Gasteiger partial charge in [0.25, 0.3) is 5.91 Å². The lowest BCUT2D eigenvalue weighted by Crippen LogP contribution is -2.15. The Balaban J connectivity index is 2.24. The van der Waals surface area contributed by atoms with Gasteiger partial charge in [-0.15, -0.1) is 0 Å². The first kappa shape index (κ1) is 12.8. The Labute approximate surface area is 116 Å². The summed E-state index contributed by atoms with van der Waals surface area (Å²) >= 11 is 1.94. The van der Waals surface area contributed by atoms with Gasteiger partial charge in [-0.05, 0) is 47.7 Å². The van der Waals surface area contributed by atoms with E-state index in [1.54, 1.807) is 6.92 Å². The molecular formula is C11H10FIN4O. The van der Waals surface area contributed by atoms with E-state index >= 15 is 0 Å². The molecule has 0 unspecified atom stereocenters. The van der Waals surface area contributed by atoms with Crippen LogP contribution in [0.15, 0.2) is 18.2 Å². The molecule has 0 fully saturated rings. The number of nitrogens with zero attached hydrogens (tertiary/aromatic N) is 1. The molecule has 94 valence electrons. The zero-order chi connectivity index (χ0) is 13.3. The summed E-state index contributed by atoms with van der Waals surface area (Å²) in [5.74, 6) is -0.783. The molecule has 7 heteroatoms. The predicted molar refractivity (Wildman–Crippen MR) is 74.8 cm³/mol. The highest BCUT2D eigenvalue weighted by atomic mass is 127. The number of benzene rings is 1. The van der Waals surface area contributed by atoms with E-state index in [2.05, 4.69) is 15.5 Å². The molecule has 0 aliphatic rings.